The maximum atomic E-state index is 11.5. The molecule has 0 bridgehead atoms. The standard InChI is InChI=1S/C11H21NO3/c1-4-14-10(13)11(2,3)12-8-9-6-5-7-15-9/h9,12H,4-8H2,1-3H3. The highest BCUT2D eigenvalue weighted by atomic mass is 16.5. The molecule has 0 aliphatic carbocycles. The minimum atomic E-state index is -0.623. The predicted molar refractivity (Wildman–Crippen MR) is 57.7 cm³/mol. The van der Waals surface area contributed by atoms with E-state index in [2.05, 4.69) is 5.32 Å². The number of carbonyl (C=O) groups is 1. The second-order valence-corrected chi connectivity index (χ2v) is 4.36. The van der Waals surface area contributed by atoms with E-state index in [1.54, 1.807) is 0 Å². The Kier molecular flexibility index (Phi) is 4.54. The minimum absolute atomic E-state index is 0.206. The first-order chi connectivity index (χ1) is 7.06. The number of hydrogen-bond donors (Lipinski definition) is 1. The molecule has 1 heterocycles. The summed E-state index contributed by atoms with van der Waals surface area (Å²) in [6.07, 6.45) is 2.44. The van der Waals surface area contributed by atoms with Crippen molar-refractivity contribution in [3.8, 4) is 0 Å². The fourth-order valence-corrected chi connectivity index (χ4v) is 1.56. The molecule has 1 rings (SSSR count). The first-order valence-corrected chi connectivity index (χ1v) is 5.60. The van der Waals surface area contributed by atoms with Crippen LogP contribution in [-0.2, 0) is 14.3 Å². The van der Waals surface area contributed by atoms with Crippen molar-refractivity contribution in [1.29, 1.82) is 0 Å². The molecule has 0 radical (unpaired) electrons. The number of carbonyl (C=O) groups excluding carboxylic acids is 1. The molecule has 0 spiro atoms. The summed E-state index contributed by atoms with van der Waals surface area (Å²) in [6, 6.07) is 0. The van der Waals surface area contributed by atoms with Crippen molar-refractivity contribution in [2.45, 2.75) is 45.3 Å². The van der Waals surface area contributed by atoms with Gasteiger partial charge in [0.1, 0.15) is 5.54 Å². The second kappa shape index (κ2) is 5.47. The summed E-state index contributed by atoms with van der Waals surface area (Å²) in [5, 5.41) is 3.19. The van der Waals surface area contributed by atoms with Crippen LogP contribution in [0.15, 0.2) is 0 Å². The molecule has 15 heavy (non-hydrogen) atoms. The number of nitrogens with one attached hydrogen (secondary N) is 1. The van der Waals surface area contributed by atoms with Crippen LogP contribution in [0, 0.1) is 0 Å². The van der Waals surface area contributed by atoms with Crippen LogP contribution in [0.2, 0.25) is 0 Å². The van der Waals surface area contributed by atoms with Gasteiger partial charge >= 0.3 is 5.97 Å². The maximum absolute atomic E-state index is 11.5. The van der Waals surface area contributed by atoms with Crippen LogP contribution in [0.5, 0.6) is 0 Å². The molecule has 1 fully saturated rings. The predicted octanol–water partition coefficient (Wildman–Crippen LogP) is 1.10. The van der Waals surface area contributed by atoms with E-state index in [1.807, 2.05) is 20.8 Å². The quantitative estimate of drug-likeness (QED) is 0.698. The number of ether oxygens (including phenoxy) is 2. The average Bonchev–Trinajstić information content (AvgIpc) is 2.68. The van der Waals surface area contributed by atoms with Gasteiger partial charge in [-0.05, 0) is 33.6 Å². The molecule has 0 aromatic rings. The number of esters is 1. The monoisotopic (exact) mass is 215 g/mol. The third-order valence-electron chi connectivity index (χ3n) is 2.58. The van der Waals surface area contributed by atoms with Gasteiger partial charge < -0.3 is 9.47 Å². The molecule has 0 amide bonds. The normalized spacial score (nSPS) is 21.7. The first kappa shape index (κ1) is 12.5. The Bertz CT molecular complexity index is 210. The molecule has 0 aromatic carbocycles. The highest BCUT2D eigenvalue weighted by Gasteiger charge is 2.29. The zero-order valence-electron chi connectivity index (χ0n) is 9.84. The first-order valence-electron chi connectivity index (χ1n) is 5.60. The van der Waals surface area contributed by atoms with Crippen molar-refractivity contribution >= 4 is 5.97 Å². The van der Waals surface area contributed by atoms with Crippen molar-refractivity contribution in [1.82, 2.24) is 5.32 Å². The lowest BCUT2D eigenvalue weighted by molar-refractivity contribution is -0.149. The molecule has 0 saturated carbocycles. The van der Waals surface area contributed by atoms with Crippen LogP contribution in [0.3, 0.4) is 0 Å². The second-order valence-electron chi connectivity index (χ2n) is 4.36. The van der Waals surface area contributed by atoms with Crippen molar-refractivity contribution in [3.05, 3.63) is 0 Å². The molecule has 1 unspecified atom stereocenters. The summed E-state index contributed by atoms with van der Waals surface area (Å²) in [6.45, 7) is 7.45. The molecule has 0 aromatic heterocycles. The van der Waals surface area contributed by atoms with Crippen LogP contribution < -0.4 is 5.32 Å². The zero-order valence-corrected chi connectivity index (χ0v) is 9.84. The molecular weight excluding hydrogens is 194 g/mol. The van der Waals surface area contributed by atoms with E-state index in [9.17, 15) is 4.79 Å². The van der Waals surface area contributed by atoms with Gasteiger partial charge in [-0.25, -0.2) is 0 Å². The van der Waals surface area contributed by atoms with Crippen LogP contribution >= 0.6 is 0 Å². The third kappa shape index (κ3) is 3.80. The van der Waals surface area contributed by atoms with Gasteiger partial charge in [-0.2, -0.15) is 0 Å². The summed E-state index contributed by atoms with van der Waals surface area (Å²) < 4.78 is 10.5. The smallest absolute Gasteiger partial charge is 0.325 e. The Labute approximate surface area is 91.3 Å². The lowest BCUT2D eigenvalue weighted by Crippen LogP contribution is -2.50. The van der Waals surface area contributed by atoms with Crippen molar-refractivity contribution < 1.29 is 14.3 Å². The Morgan fingerprint density at radius 2 is 2.33 bits per heavy atom. The summed E-state index contributed by atoms with van der Waals surface area (Å²) in [5.74, 6) is -0.206. The zero-order chi connectivity index (χ0) is 11.3. The van der Waals surface area contributed by atoms with Crippen LogP contribution in [0.1, 0.15) is 33.6 Å². The van der Waals surface area contributed by atoms with Gasteiger partial charge in [-0.1, -0.05) is 0 Å². The lowest BCUT2D eigenvalue weighted by atomic mass is 10.1. The Balaban J connectivity index is 2.30. The largest absolute Gasteiger partial charge is 0.465 e. The lowest BCUT2D eigenvalue weighted by Gasteiger charge is -2.25. The maximum Gasteiger partial charge on any atom is 0.325 e. The van der Waals surface area contributed by atoms with Gasteiger partial charge in [0.25, 0.3) is 0 Å². The SMILES string of the molecule is CCOC(=O)C(C)(C)NCC1CCCO1. The van der Waals surface area contributed by atoms with Gasteiger partial charge in [-0.15, -0.1) is 0 Å². The Hall–Kier alpha value is -0.610. The topological polar surface area (TPSA) is 47.6 Å². The van der Waals surface area contributed by atoms with Crippen LogP contribution in [-0.4, -0.2) is 37.4 Å². The van der Waals surface area contributed by atoms with Gasteiger partial charge in [-0.3, -0.25) is 10.1 Å². The van der Waals surface area contributed by atoms with E-state index in [4.69, 9.17) is 9.47 Å². The molecule has 1 aliphatic heterocycles. The summed E-state index contributed by atoms with van der Waals surface area (Å²) in [4.78, 5) is 11.5. The van der Waals surface area contributed by atoms with Gasteiger partial charge in [0.05, 0.1) is 12.7 Å². The van der Waals surface area contributed by atoms with Crippen molar-refractivity contribution in [2.24, 2.45) is 0 Å². The van der Waals surface area contributed by atoms with E-state index in [0.717, 1.165) is 19.4 Å². The fourth-order valence-electron chi connectivity index (χ4n) is 1.56. The van der Waals surface area contributed by atoms with E-state index in [1.165, 1.54) is 0 Å². The molecule has 88 valence electrons. The highest BCUT2D eigenvalue weighted by molar-refractivity contribution is 5.79. The summed E-state index contributed by atoms with van der Waals surface area (Å²) >= 11 is 0. The Morgan fingerprint density at radius 1 is 1.60 bits per heavy atom. The van der Waals surface area contributed by atoms with E-state index in [0.29, 0.717) is 13.2 Å². The van der Waals surface area contributed by atoms with Crippen molar-refractivity contribution in [3.63, 3.8) is 0 Å². The van der Waals surface area contributed by atoms with Crippen molar-refractivity contribution in [2.75, 3.05) is 19.8 Å². The molecular formula is C11H21NO3. The summed E-state index contributed by atoms with van der Waals surface area (Å²) in [5.41, 5.74) is -0.623. The molecule has 1 aliphatic rings. The summed E-state index contributed by atoms with van der Waals surface area (Å²) in [7, 11) is 0. The number of hydrogen-bond acceptors (Lipinski definition) is 4. The van der Waals surface area contributed by atoms with Gasteiger partial charge in [0.15, 0.2) is 0 Å². The van der Waals surface area contributed by atoms with E-state index in [-0.39, 0.29) is 12.1 Å². The highest BCUT2D eigenvalue weighted by Crippen LogP contribution is 2.13. The van der Waals surface area contributed by atoms with Crippen LogP contribution in [0.25, 0.3) is 0 Å². The average molecular weight is 215 g/mol. The molecule has 1 N–H and O–H groups in total. The van der Waals surface area contributed by atoms with Gasteiger partial charge in [0.2, 0.25) is 0 Å². The van der Waals surface area contributed by atoms with E-state index < -0.39 is 5.54 Å². The fraction of sp³-hybridized carbons (Fsp3) is 0.909. The van der Waals surface area contributed by atoms with E-state index >= 15 is 0 Å². The van der Waals surface area contributed by atoms with Gasteiger partial charge in [0, 0.05) is 13.2 Å². The molecule has 4 heteroatoms. The molecule has 1 atom stereocenters. The third-order valence-corrected chi connectivity index (χ3v) is 2.58. The minimum Gasteiger partial charge on any atom is -0.465 e. The molecule has 4 nitrogen and oxygen atoms in total. The number of rotatable bonds is 5. The molecule has 1 saturated heterocycles. The van der Waals surface area contributed by atoms with Crippen LogP contribution in [0.4, 0.5) is 0 Å². The Morgan fingerprint density at radius 3 is 2.87 bits per heavy atom.